The SMILES string of the molecule is COC(=O)C(C)Oc1ccc2c(=O)c(-c3ccc(OC)c(OC)c3)coc2c1. The smallest absolute Gasteiger partial charge is 0.346 e. The lowest BCUT2D eigenvalue weighted by molar-refractivity contribution is -0.147. The molecular weight excluding hydrogens is 364 g/mol. The van der Waals surface area contributed by atoms with E-state index in [2.05, 4.69) is 4.74 Å². The van der Waals surface area contributed by atoms with Crippen molar-refractivity contribution < 1.29 is 28.2 Å². The minimum Gasteiger partial charge on any atom is -0.493 e. The summed E-state index contributed by atoms with van der Waals surface area (Å²) in [5.74, 6) is 0.982. The van der Waals surface area contributed by atoms with Crippen LogP contribution < -0.4 is 19.6 Å². The summed E-state index contributed by atoms with van der Waals surface area (Å²) in [5.41, 5.74) is 1.20. The molecule has 0 spiro atoms. The second-order valence-electron chi connectivity index (χ2n) is 5.99. The van der Waals surface area contributed by atoms with Crippen LogP contribution in [0, 0.1) is 0 Å². The molecule has 146 valence electrons. The van der Waals surface area contributed by atoms with Crippen LogP contribution >= 0.6 is 0 Å². The number of methoxy groups -OCH3 is 3. The van der Waals surface area contributed by atoms with Gasteiger partial charge in [-0.15, -0.1) is 0 Å². The average molecular weight is 384 g/mol. The van der Waals surface area contributed by atoms with Gasteiger partial charge in [0, 0.05) is 6.07 Å². The molecule has 0 amide bonds. The van der Waals surface area contributed by atoms with Crippen molar-refractivity contribution >= 4 is 16.9 Å². The van der Waals surface area contributed by atoms with E-state index >= 15 is 0 Å². The van der Waals surface area contributed by atoms with E-state index < -0.39 is 12.1 Å². The van der Waals surface area contributed by atoms with E-state index in [4.69, 9.17) is 18.6 Å². The van der Waals surface area contributed by atoms with Gasteiger partial charge in [-0.2, -0.15) is 0 Å². The first-order valence-electron chi connectivity index (χ1n) is 8.51. The minimum absolute atomic E-state index is 0.193. The molecule has 0 aliphatic rings. The Morgan fingerprint density at radius 1 is 1.00 bits per heavy atom. The highest BCUT2D eigenvalue weighted by atomic mass is 16.6. The van der Waals surface area contributed by atoms with Gasteiger partial charge < -0.3 is 23.4 Å². The van der Waals surface area contributed by atoms with Crippen LogP contribution in [0.2, 0.25) is 0 Å². The summed E-state index contributed by atoms with van der Waals surface area (Å²) in [6.07, 6.45) is 0.611. The predicted molar refractivity (Wildman–Crippen MR) is 103 cm³/mol. The Morgan fingerprint density at radius 2 is 1.75 bits per heavy atom. The molecular formula is C21H20O7. The van der Waals surface area contributed by atoms with Crippen LogP contribution in [0.3, 0.4) is 0 Å². The summed E-state index contributed by atoms with van der Waals surface area (Å²) >= 11 is 0. The highest BCUT2D eigenvalue weighted by molar-refractivity contribution is 5.83. The van der Waals surface area contributed by atoms with Gasteiger partial charge in [0.15, 0.2) is 23.0 Å². The van der Waals surface area contributed by atoms with Gasteiger partial charge in [0.05, 0.1) is 32.3 Å². The van der Waals surface area contributed by atoms with Crippen molar-refractivity contribution in [1.82, 2.24) is 0 Å². The molecule has 3 rings (SSSR count). The van der Waals surface area contributed by atoms with Crippen molar-refractivity contribution in [3.05, 3.63) is 52.9 Å². The minimum atomic E-state index is -0.778. The largest absolute Gasteiger partial charge is 0.493 e. The van der Waals surface area contributed by atoms with Gasteiger partial charge in [-0.3, -0.25) is 4.79 Å². The maximum absolute atomic E-state index is 12.9. The van der Waals surface area contributed by atoms with E-state index in [1.54, 1.807) is 50.4 Å². The van der Waals surface area contributed by atoms with Crippen LogP contribution in [0.5, 0.6) is 17.2 Å². The summed E-state index contributed by atoms with van der Waals surface area (Å²) in [4.78, 5) is 24.4. The maximum atomic E-state index is 12.9. The lowest BCUT2D eigenvalue weighted by Gasteiger charge is -2.13. The molecule has 2 aromatic carbocycles. The molecule has 0 N–H and O–H groups in total. The van der Waals surface area contributed by atoms with Gasteiger partial charge in [0.1, 0.15) is 17.6 Å². The van der Waals surface area contributed by atoms with E-state index in [0.29, 0.717) is 39.3 Å². The summed E-state index contributed by atoms with van der Waals surface area (Å²) in [7, 11) is 4.36. The predicted octanol–water partition coefficient (Wildman–Crippen LogP) is 3.42. The fraction of sp³-hybridized carbons (Fsp3) is 0.238. The lowest BCUT2D eigenvalue weighted by atomic mass is 10.0. The van der Waals surface area contributed by atoms with E-state index in [1.807, 2.05) is 0 Å². The number of carbonyl (C=O) groups excluding carboxylic acids is 1. The van der Waals surface area contributed by atoms with Gasteiger partial charge in [-0.25, -0.2) is 4.79 Å². The Hall–Kier alpha value is -3.48. The van der Waals surface area contributed by atoms with E-state index in [1.165, 1.54) is 20.5 Å². The molecule has 1 unspecified atom stereocenters. The van der Waals surface area contributed by atoms with Crippen LogP contribution in [0.1, 0.15) is 6.92 Å². The number of esters is 1. The van der Waals surface area contributed by atoms with Gasteiger partial charge in [0.25, 0.3) is 0 Å². The van der Waals surface area contributed by atoms with E-state index in [-0.39, 0.29) is 5.43 Å². The van der Waals surface area contributed by atoms with Crippen LogP contribution in [0.4, 0.5) is 0 Å². The molecule has 0 saturated carbocycles. The van der Waals surface area contributed by atoms with Crippen molar-refractivity contribution in [3.8, 4) is 28.4 Å². The Balaban J connectivity index is 1.99. The van der Waals surface area contributed by atoms with Crippen molar-refractivity contribution in [2.24, 2.45) is 0 Å². The first-order valence-corrected chi connectivity index (χ1v) is 8.51. The molecule has 7 nitrogen and oxygen atoms in total. The highest BCUT2D eigenvalue weighted by Gasteiger charge is 2.16. The molecule has 0 saturated heterocycles. The molecule has 1 atom stereocenters. The van der Waals surface area contributed by atoms with Crippen LogP contribution in [0.15, 0.2) is 51.9 Å². The molecule has 0 fully saturated rings. The van der Waals surface area contributed by atoms with Crippen molar-refractivity contribution in [3.63, 3.8) is 0 Å². The number of hydrogen-bond donors (Lipinski definition) is 0. The monoisotopic (exact) mass is 384 g/mol. The molecule has 0 radical (unpaired) electrons. The number of benzene rings is 2. The van der Waals surface area contributed by atoms with Gasteiger partial charge in [0.2, 0.25) is 0 Å². The van der Waals surface area contributed by atoms with Crippen molar-refractivity contribution in [2.45, 2.75) is 13.0 Å². The second kappa shape index (κ2) is 8.04. The Morgan fingerprint density at radius 3 is 2.43 bits per heavy atom. The molecule has 0 bridgehead atoms. The molecule has 1 aromatic heterocycles. The zero-order chi connectivity index (χ0) is 20.3. The fourth-order valence-corrected chi connectivity index (χ4v) is 2.80. The number of carbonyl (C=O) groups is 1. The van der Waals surface area contributed by atoms with Crippen LogP contribution in [0.25, 0.3) is 22.1 Å². The summed E-state index contributed by atoms with van der Waals surface area (Å²) in [6, 6.07) is 9.97. The summed E-state index contributed by atoms with van der Waals surface area (Å²) < 4.78 is 26.3. The van der Waals surface area contributed by atoms with Gasteiger partial charge in [-0.1, -0.05) is 6.07 Å². The van der Waals surface area contributed by atoms with Crippen LogP contribution in [-0.2, 0) is 9.53 Å². The second-order valence-corrected chi connectivity index (χ2v) is 5.99. The highest BCUT2D eigenvalue weighted by Crippen LogP contribution is 2.32. The van der Waals surface area contributed by atoms with Crippen LogP contribution in [-0.4, -0.2) is 33.4 Å². The maximum Gasteiger partial charge on any atom is 0.346 e. The third-order valence-electron chi connectivity index (χ3n) is 4.29. The number of ether oxygens (including phenoxy) is 4. The normalized spacial score (nSPS) is 11.7. The van der Waals surface area contributed by atoms with Crippen molar-refractivity contribution in [1.29, 1.82) is 0 Å². The van der Waals surface area contributed by atoms with E-state index in [0.717, 1.165) is 0 Å². The first kappa shape index (κ1) is 19.3. The standard InChI is InChI=1S/C21H20O7/c1-12(21(23)26-4)28-14-6-7-15-18(10-14)27-11-16(20(15)22)13-5-8-17(24-2)19(9-13)25-3/h5-12H,1-4H3. The quantitative estimate of drug-likeness (QED) is 0.602. The first-order chi connectivity index (χ1) is 13.5. The Bertz CT molecular complexity index is 1070. The Kier molecular flexibility index (Phi) is 5.54. The summed E-state index contributed by atoms with van der Waals surface area (Å²) in [6.45, 7) is 1.58. The Labute approximate surface area is 161 Å². The third-order valence-corrected chi connectivity index (χ3v) is 4.29. The van der Waals surface area contributed by atoms with Crippen molar-refractivity contribution in [2.75, 3.05) is 21.3 Å². The molecule has 0 aliphatic heterocycles. The zero-order valence-corrected chi connectivity index (χ0v) is 16.0. The number of fused-ring (bicyclic) bond motifs is 1. The fourth-order valence-electron chi connectivity index (χ4n) is 2.80. The third kappa shape index (κ3) is 3.64. The zero-order valence-electron chi connectivity index (χ0n) is 16.0. The number of rotatable bonds is 6. The molecule has 1 heterocycles. The average Bonchev–Trinajstić information content (AvgIpc) is 2.72. The molecule has 3 aromatic rings. The summed E-state index contributed by atoms with van der Waals surface area (Å²) in [5, 5.41) is 0.394. The molecule has 7 heteroatoms. The number of hydrogen-bond acceptors (Lipinski definition) is 7. The molecule has 28 heavy (non-hydrogen) atoms. The topological polar surface area (TPSA) is 84.2 Å². The van der Waals surface area contributed by atoms with E-state index in [9.17, 15) is 9.59 Å². The van der Waals surface area contributed by atoms with Gasteiger partial charge >= 0.3 is 5.97 Å². The van der Waals surface area contributed by atoms with Gasteiger partial charge in [-0.05, 0) is 36.8 Å². The lowest BCUT2D eigenvalue weighted by Crippen LogP contribution is -2.24. The molecule has 0 aliphatic carbocycles.